The summed E-state index contributed by atoms with van der Waals surface area (Å²) in [4.78, 5) is 34.3. The highest BCUT2D eigenvalue weighted by molar-refractivity contribution is 5.96. The molecule has 0 aromatic carbocycles. The van der Waals surface area contributed by atoms with Gasteiger partial charge in [0.1, 0.15) is 18.8 Å². The number of ketones is 1. The van der Waals surface area contributed by atoms with Crippen LogP contribution in [0.25, 0.3) is 0 Å². The number of carbonyl (C=O) groups is 3. The lowest BCUT2D eigenvalue weighted by Crippen LogP contribution is -2.35. The van der Waals surface area contributed by atoms with Gasteiger partial charge >= 0.3 is 11.9 Å². The maximum Gasteiger partial charge on any atom is 0.348 e. The van der Waals surface area contributed by atoms with E-state index in [0.29, 0.717) is 6.42 Å². The summed E-state index contributed by atoms with van der Waals surface area (Å²) in [5.41, 5.74) is -0.545. The Kier molecular flexibility index (Phi) is 4.64. The Hall–Kier alpha value is -1.65. The Morgan fingerprint density at radius 2 is 2.22 bits per heavy atom. The molecule has 0 aromatic rings. The van der Waals surface area contributed by atoms with Crippen LogP contribution in [0.3, 0.4) is 0 Å². The van der Waals surface area contributed by atoms with E-state index in [4.69, 9.17) is 9.47 Å². The first-order chi connectivity index (χ1) is 8.36. The van der Waals surface area contributed by atoms with Crippen molar-refractivity contribution in [3.8, 4) is 0 Å². The molecule has 5 nitrogen and oxygen atoms in total. The number of hydrogen-bond acceptors (Lipinski definition) is 5. The van der Waals surface area contributed by atoms with Crippen LogP contribution in [-0.2, 0) is 23.9 Å². The lowest BCUT2D eigenvalue weighted by atomic mass is 9.90. The van der Waals surface area contributed by atoms with E-state index >= 15 is 0 Å². The Morgan fingerprint density at radius 3 is 2.72 bits per heavy atom. The van der Waals surface area contributed by atoms with Crippen LogP contribution in [0, 0.1) is 5.41 Å². The Labute approximate surface area is 106 Å². The molecule has 0 aromatic heterocycles. The summed E-state index contributed by atoms with van der Waals surface area (Å²) in [6.07, 6.45) is 1.17. The summed E-state index contributed by atoms with van der Waals surface area (Å²) in [6, 6.07) is 0. The molecule has 1 aliphatic rings. The van der Waals surface area contributed by atoms with Gasteiger partial charge in [0, 0.05) is 11.8 Å². The zero-order valence-electron chi connectivity index (χ0n) is 10.7. The van der Waals surface area contributed by atoms with Gasteiger partial charge in [0.2, 0.25) is 6.10 Å². The fourth-order valence-corrected chi connectivity index (χ4v) is 1.62. The number of hydrogen-bond donors (Lipinski definition) is 0. The zero-order valence-corrected chi connectivity index (χ0v) is 10.7. The molecule has 1 aliphatic heterocycles. The van der Waals surface area contributed by atoms with Gasteiger partial charge in [-0.15, -0.1) is 6.58 Å². The first-order valence-corrected chi connectivity index (χ1v) is 5.85. The molecule has 0 radical (unpaired) electrons. The Balaban J connectivity index is 2.47. The summed E-state index contributed by atoms with van der Waals surface area (Å²) < 4.78 is 9.87. The van der Waals surface area contributed by atoms with Gasteiger partial charge in [-0.1, -0.05) is 19.9 Å². The second-order valence-corrected chi connectivity index (χ2v) is 5.01. The van der Waals surface area contributed by atoms with Crippen molar-refractivity contribution in [2.45, 2.75) is 39.2 Å². The molecule has 1 fully saturated rings. The standard InChI is InChI=1S/C13H18O5/c1-4-5-6-9(14)7-10(15)18-11-12(16)17-8-13(11,2)3/h4,11H,1,5-8H2,2-3H3/t11-/m0/s1. The van der Waals surface area contributed by atoms with E-state index in [1.165, 1.54) is 0 Å². The van der Waals surface area contributed by atoms with Gasteiger partial charge in [0.15, 0.2) is 0 Å². The smallest absolute Gasteiger partial charge is 0.348 e. The van der Waals surface area contributed by atoms with E-state index in [1.807, 2.05) is 0 Å². The predicted molar refractivity (Wildman–Crippen MR) is 63.7 cm³/mol. The van der Waals surface area contributed by atoms with Gasteiger partial charge in [-0.3, -0.25) is 9.59 Å². The van der Waals surface area contributed by atoms with E-state index in [2.05, 4.69) is 6.58 Å². The highest BCUT2D eigenvalue weighted by Crippen LogP contribution is 2.31. The number of Topliss-reactive ketones (excluding diaryl/α,β-unsaturated/α-hetero) is 1. The van der Waals surface area contributed by atoms with Crippen LogP contribution in [0.5, 0.6) is 0 Å². The average molecular weight is 254 g/mol. The molecule has 1 saturated heterocycles. The Morgan fingerprint density at radius 1 is 1.56 bits per heavy atom. The molecule has 0 unspecified atom stereocenters. The van der Waals surface area contributed by atoms with Gasteiger partial charge < -0.3 is 9.47 Å². The number of ether oxygens (including phenoxy) is 2. The highest BCUT2D eigenvalue weighted by atomic mass is 16.6. The highest BCUT2D eigenvalue weighted by Gasteiger charge is 2.46. The molecule has 0 saturated carbocycles. The minimum atomic E-state index is -0.919. The largest absolute Gasteiger partial charge is 0.462 e. The third-order valence-corrected chi connectivity index (χ3v) is 2.73. The normalized spacial score (nSPS) is 21.2. The molecule has 0 spiro atoms. The van der Waals surface area contributed by atoms with Crippen molar-refractivity contribution in [2.75, 3.05) is 6.61 Å². The van der Waals surface area contributed by atoms with Crippen LogP contribution in [0.1, 0.15) is 33.1 Å². The minimum absolute atomic E-state index is 0.216. The number of cyclic esters (lactones) is 1. The van der Waals surface area contributed by atoms with Crippen LogP contribution in [0.2, 0.25) is 0 Å². The van der Waals surface area contributed by atoms with Crippen LogP contribution >= 0.6 is 0 Å². The summed E-state index contributed by atoms with van der Waals surface area (Å²) >= 11 is 0. The fraction of sp³-hybridized carbons (Fsp3) is 0.615. The van der Waals surface area contributed by atoms with Crippen molar-refractivity contribution in [2.24, 2.45) is 5.41 Å². The summed E-state index contributed by atoms with van der Waals surface area (Å²) in [6.45, 7) is 7.26. The van der Waals surface area contributed by atoms with Gasteiger partial charge in [-0.05, 0) is 6.42 Å². The molecule has 0 aliphatic carbocycles. The summed E-state index contributed by atoms with van der Waals surface area (Å²) in [5.74, 6) is -1.45. The van der Waals surface area contributed by atoms with Gasteiger partial charge in [0.05, 0.1) is 0 Å². The molecule has 1 atom stereocenters. The van der Waals surface area contributed by atoms with E-state index in [1.54, 1.807) is 19.9 Å². The van der Waals surface area contributed by atoms with E-state index in [-0.39, 0.29) is 25.2 Å². The topological polar surface area (TPSA) is 69.7 Å². The number of rotatable bonds is 6. The van der Waals surface area contributed by atoms with E-state index in [0.717, 1.165) is 0 Å². The quantitative estimate of drug-likeness (QED) is 0.407. The molecule has 1 rings (SSSR count). The third kappa shape index (κ3) is 3.68. The monoisotopic (exact) mass is 254 g/mol. The summed E-state index contributed by atoms with van der Waals surface area (Å²) in [5, 5.41) is 0. The van der Waals surface area contributed by atoms with Crippen LogP contribution in [0.4, 0.5) is 0 Å². The maximum absolute atomic E-state index is 11.5. The first kappa shape index (κ1) is 14.4. The molecular weight excluding hydrogens is 236 g/mol. The zero-order chi connectivity index (χ0) is 13.8. The lowest BCUT2D eigenvalue weighted by Gasteiger charge is -2.21. The second-order valence-electron chi connectivity index (χ2n) is 5.01. The third-order valence-electron chi connectivity index (χ3n) is 2.73. The maximum atomic E-state index is 11.5. The average Bonchev–Trinajstić information content (AvgIpc) is 2.53. The van der Waals surface area contributed by atoms with Crippen LogP contribution in [0.15, 0.2) is 12.7 Å². The van der Waals surface area contributed by atoms with E-state index < -0.39 is 23.5 Å². The lowest BCUT2D eigenvalue weighted by molar-refractivity contribution is -0.163. The van der Waals surface area contributed by atoms with Gasteiger partial charge in [-0.2, -0.15) is 0 Å². The molecule has 1 heterocycles. The van der Waals surface area contributed by atoms with Crippen molar-refractivity contribution in [1.29, 1.82) is 0 Å². The molecular formula is C13H18O5. The number of allylic oxidation sites excluding steroid dienone is 1. The van der Waals surface area contributed by atoms with Gasteiger partial charge in [0.25, 0.3) is 0 Å². The summed E-state index contributed by atoms with van der Waals surface area (Å²) in [7, 11) is 0. The second kappa shape index (κ2) is 5.80. The number of carbonyl (C=O) groups excluding carboxylic acids is 3. The Bertz CT molecular complexity index is 370. The van der Waals surface area contributed by atoms with Crippen molar-refractivity contribution < 1.29 is 23.9 Å². The molecule has 0 amide bonds. The van der Waals surface area contributed by atoms with Crippen molar-refractivity contribution >= 4 is 17.7 Å². The molecule has 5 heteroatoms. The molecule has 0 bridgehead atoms. The minimum Gasteiger partial charge on any atom is -0.462 e. The van der Waals surface area contributed by atoms with Crippen molar-refractivity contribution in [3.63, 3.8) is 0 Å². The van der Waals surface area contributed by atoms with Crippen LogP contribution in [-0.4, -0.2) is 30.4 Å². The SMILES string of the molecule is C=CCCC(=O)CC(=O)O[C@H]1C(=O)OCC1(C)C. The van der Waals surface area contributed by atoms with Crippen molar-refractivity contribution in [3.05, 3.63) is 12.7 Å². The van der Waals surface area contributed by atoms with Crippen LogP contribution < -0.4 is 0 Å². The first-order valence-electron chi connectivity index (χ1n) is 5.85. The fourth-order valence-electron chi connectivity index (χ4n) is 1.62. The molecule has 100 valence electrons. The molecule has 18 heavy (non-hydrogen) atoms. The number of esters is 2. The van der Waals surface area contributed by atoms with Gasteiger partial charge in [-0.25, -0.2) is 4.79 Å². The van der Waals surface area contributed by atoms with Crippen molar-refractivity contribution in [1.82, 2.24) is 0 Å². The predicted octanol–water partition coefficient (Wildman–Crippen LogP) is 1.41. The molecule has 0 N–H and O–H groups in total. The van der Waals surface area contributed by atoms with E-state index in [9.17, 15) is 14.4 Å².